The highest BCUT2D eigenvalue weighted by Crippen LogP contribution is 1.91. The summed E-state index contributed by atoms with van der Waals surface area (Å²) in [5, 5.41) is 0. The van der Waals surface area contributed by atoms with Gasteiger partial charge in [-0.15, -0.1) is 0 Å². The molecule has 0 aromatic carbocycles. The summed E-state index contributed by atoms with van der Waals surface area (Å²) < 4.78 is 0. The summed E-state index contributed by atoms with van der Waals surface area (Å²) in [6, 6.07) is 0. The van der Waals surface area contributed by atoms with Gasteiger partial charge in [0.2, 0.25) is 12.2 Å². The average Bonchev–Trinajstić information content (AvgIpc) is 1.90. The van der Waals surface area contributed by atoms with Crippen molar-refractivity contribution in [1.29, 1.82) is 0 Å². The first-order valence-corrected chi connectivity index (χ1v) is 2.62. The molecule has 4 nitrogen and oxygen atoms in total. The Hall–Kier alpha value is -1.50. The molecule has 0 aromatic heterocycles. The summed E-state index contributed by atoms with van der Waals surface area (Å²) in [6.07, 6.45) is 4.94. The van der Waals surface area contributed by atoms with E-state index in [-0.39, 0.29) is 0 Å². The van der Waals surface area contributed by atoms with Gasteiger partial charge in [0.25, 0.3) is 0 Å². The van der Waals surface area contributed by atoms with Crippen molar-refractivity contribution >= 4 is 12.2 Å². The Bertz CT molecular complexity index is 192. The van der Waals surface area contributed by atoms with Crippen molar-refractivity contribution in [2.75, 3.05) is 0 Å². The van der Waals surface area contributed by atoms with Gasteiger partial charge in [-0.2, -0.15) is 9.98 Å². The van der Waals surface area contributed by atoms with Crippen molar-refractivity contribution < 1.29 is 9.59 Å². The van der Waals surface area contributed by atoms with E-state index in [0.717, 1.165) is 0 Å². The molecule has 0 fully saturated rings. The van der Waals surface area contributed by atoms with Crippen LogP contribution >= 0.6 is 0 Å². The quantitative estimate of drug-likeness (QED) is 0.325. The van der Waals surface area contributed by atoms with Gasteiger partial charge in [-0.3, -0.25) is 0 Å². The van der Waals surface area contributed by atoms with Gasteiger partial charge in [0.1, 0.15) is 0 Å². The molecule has 0 spiro atoms. The fraction of sp³-hybridized carbons (Fsp3) is 0.333. The zero-order valence-corrected chi connectivity index (χ0v) is 5.44. The molecule has 0 rings (SSSR count). The molecule has 0 aliphatic rings. The highest BCUT2D eigenvalue weighted by molar-refractivity contribution is 5.38. The van der Waals surface area contributed by atoms with Crippen molar-refractivity contribution in [3.05, 3.63) is 12.2 Å². The van der Waals surface area contributed by atoms with Crippen LogP contribution < -0.4 is 0 Å². The number of isocyanates is 2. The SMILES string of the molecule is CC=CC(N=C=O)N=C=O. The first kappa shape index (κ1) is 8.50. The highest BCUT2D eigenvalue weighted by Gasteiger charge is 1.93. The summed E-state index contributed by atoms with van der Waals surface area (Å²) in [6.45, 7) is 1.73. The molecule has 0 aromatic rings. The predicted octanol–water partition coefficient (Wildman–Crippen LogP) is 0.560. The number of nitrogens with zero attached hydrogens (tertiary/aromatic N) is 2. The maximum Gasteiger partial charge on any atom is 0.237 e. The van der Waals surface area contributed by atoms with E-state index < -0.39 is 6.17 Å². The molecule has 0 N–H and O–H groups in total. The molecular weight excluding hydrogens is 132 g/mol. The van der Waals surface area contributed by atoms with E-state index in [2.05, 4.69) is 9.98 Å². The van der Waals surface area contributed by atoms with Crippen LogP contribution in [0.3, 0.4) is 0 Å². The van der Waals surface area contributed by atoms with E-state index in [9.17, 15) is 9.59 Å². The van der Waals surface area contributed by atoms with Gasteiger partial charge in [-0.05, 0) is 13.0 Å². The van der Waals surface area contributed by atoms with Gasteiger partial charge in [-0.25, -0.2) is 9.59 Å². The second-order valence-electron chi connectivity index (χ2n) is 1.38. The van der Waals surface area contributed by atoms with E-state index in [4.69, 9.17) is 0 Å². The minimum absolute atomic E-state index is 0.750. The summed E-state index contributed by atoms with van der Waals surface area (Å²) in [5.74, 6) is 0. The first-order chi connectivity index (χ1) is 4.85. The summed E-state index contributed by atoms with van der Waals surface area (Å²) in [7, 11) is 0. The van der Waals surface area contributed by atoms with Crippen LogP contribution in [0.2, 0.25) is 0 Å². The van der Waals surface area contributed by atoms with Crippen molar-refractivity contribution in [2.24, 2.45) is 9.98 Å². The molecular formula is C6H6N2O2. The summed E-state index contributed by atoms with van der Waals surface area (Å²) in [5.41, 5.74) is 0. The van der Waals surface area contributed by atoms with E-state index in [1.54, 1.807) is 13.0 Å². The Morgan fingerprint density at radius 3 is 2.10 bits per heavy atom. The van der Waals surface area contributed by atoms with Crippen LogP contribution in [0.4, 0.5) is 0 Å². The van der Waals surface area contributed by atoms with Crippen LogP contribution in [-0.4, -0.2) is 18.3 Å². The lowest BCUT2D eigenvalue weighted by Gasteiger charge is -1.89. The van der Waals surface area contributed by atoms with E-state index in [0.29, 0.717) is 0 Å². The van der Waals surface area contributed by atoms with E-state index in [1.165, 1.54) is 18.2 Å². The Balaban J connectivity index is 4.24. The number of carbonyl (C=O) groups excluding carboxylic acids is 2. The zero-order valence-electron chi connectivity index (χ0n) is 5.44. The van der Waals surface area contributed by atoms with Crippen LogP contribution in [0, 0.1) is 0 Å². The molecule has 4 heteroatoms. The average molecular weight is 138 g/mol. The molecule has 0 aliphatic carbocycles. The molecule has 0 saturated heterocycles. The second kappa shape index (κ2) is 5.63. The van der Waals surface area contributed by atoms with Crippen LogP contribution in [0.25, 0.3) is 0 Å². The smallest absolute Gasteiger partial charge is 0.211 e. The Labute approximate surface area is 58.0 Å². The lowest BCUT2D eigenvalue weighted by Crippen LogP contribution is -1.92. The molecule has 0 unspecified atom stereocenters. The normalized spacial score (nSPS) is 11.7. The van der Waals surface area contributed by atoms with E-state index >= 15 is 0 Å². The van der Waals surface area contributed by atoms with Crippen molar-refractivity contribution in [3.8, 4) is 0 Å². The van der Waals surface area contributed by atoms with Gasteiger partial charge in [0, 0.05) is 0 Å². The monoisotopic (exact) mass is 138 g/mol. The third-order valence-electron chi connectivity index (χ3n) is 0.735. The van der Waals surface area contributed by atoms with Gasteiger partial charge in [0.15, 0.2) is 6.17 Å². The van der Waals surface area contributed by atoms with Gasteiger partial charge in [-0.1, -0.05) is 6.08 Å². The van der Waals surface area contributed by atoms with Crippen LogP contribution in [0.1, 0.15) is 6.92 Å². The molecule has 52 valence electrons. The maximum atomic E-state index is 9.65. The number of rotatable bonds is 3. The third-order valence-corrected chi connectivity index (χ3v) is 0.735. The largest absolute Gasteiger partial charge is 0.237 e. The van der Waals surface area contributed by atoms with E-state index in [1.807, 2.05) is 0 Å². The molecule has 0 amide bonds. The van der Waals surface area contributed by atoms with Crippen molar-refractivity contribution in [3.63, 3.8) is 0 Å². The number of allylic oxidation sites excluding steroid dienone is 1. The van der Waals surface area contributed by atoms with Gasteiger partial charge < -0.3 is 0 Å². The minimum Gasteiger partial charge on any atom is -0.211 e. The van der Waals surface area contributed by atoms with Crippen LogP contribution in [0.5, 0.6) is 0 Å². The molecule has 0 heterocycles. The molecule has 0 saturated carbocycles. The third kappa shape index (κ3) is 3.50. The summed E-state index contributed by atoms with van der Waals surface area (Å²) >= 11 is 0. The number of hydrogen-bond donors (Lipinski definition) is 0. The fourth-order valence-corrected chi connectivity index (χ4v) is 0.395. The molecule has 0 aliphatic heterocycles. The molecule has 0 bridgehead atoms. The molecule has 0 radical (unpaired) electrons. The Morgan fingerprint density at radius 2 is 1.80 bits per heavy atom. The number of hydrogen-bond acceptors (Lipinski definition) is 4. The van der Waals surface area contributed by atoms with Gasteiger partial charge >= 0.3 is 0 Å². The predicted molar refractivity (Wildman–Crippen MR) is 34.8 cm³/mol. The maximum absolute atomic E-state index is 9.65. The van der Waals surface area contributed by atoms with Crippen LogP contribution in [0.15, 0.2) is 22.1 Å². The standard InChI is InChI=1S/C6H6N2O2/c1-2-3-6(7-4-9)8-5-10/h2-3,6H,1H3. The fourth-order valence-electron chi connectivity index (χ4n) is 0.395. The molecule has 0 atom stereocenters. The highest BCUT2D eigenvalue weighted by atomic mass is 16.1. The number of aliphatic imine (C=N–C) groups is 2. The Morgan fingerprint density at radius 1 is 1.30 bits per heavy atom. The van der Waals surface area contributed by atoms with Gasteiger partial charge in [0.05, 0.1) is 0 Å². The van der Waals surface area contributed by atoms with Crippen LogP contribution in [-0.2, 0) is 9.59 Å². The topological polar surface area (TPSA) is 58.9 Å². The minimum atomic E-state index is -0.750. The lowest BCUT2D eigenvalue weighted by molar-refractivity contribution is 0.556. The second-order valence-corrected chi connectivity index (χ2v) is 1.38. The lowest BCUT2D eigenvalue weighted by atomic mass is 10.4. The Kier molecular flexibility index (Phi) is 4.79. The zero-order chi connectivity index (χ0) is 7.82. The summed E-state index contributed by atoms with van der Waals surface area (Å²) in [4.78, 5) is 25.7. The molecule has 10 heavy (non-hydrogen) atoms. The van der Waals surface area contributed by atoms with Crippen molar-refractivity contribution in [2.45, 2.75) is 13.1 Å². The van der Waals surface area contributed by atoms with Crippen molar-refractivity contribution in [1.82, 2.24) is 0 Å². The first-order valence-electron chi connectivity index (χ1n) is 2.62.